The van der Waals surface area contributed by atoms with Crippen LogP contribution in [0.3, 0.4) is 0 Å². The Hall–Kier alpha value is -2.87. The lowest BCUT2D eigenvalue weighted by molar-refractivity contribution is -0.137. The van der Waals surface area contributed by atoms with E-state index in [1.807, 2.05) is 19.9 Å². The highest BCUT2D eigenvalue weighted by Gasteiger charge is 2.33. The summed E-state index contributed by atoms with van der Waals surface area (Å²) in [4.78, 5) is 13.1. The number of benzene rings is 1. The van der Waals surface area contributed by atoms with E-state index in [2.05, 4.69) is 25.6 Å². The zero-order valence-electron chi connectivity index (χ0n) is 15.8. The molecule has 3 aromatic rings. The molecule has 9 heteroatoms. The fourth-order valence-electron chi connectivity index (χ4n) is 2.51. The lowest BCUT2D eigenvalue weighted by atomic mass is 10.2. The Morgan fingerprint density at radius 3 is 2.52 bits per heavy atom. The van der Waals surface area contributed by atoms with Gasteiger partial charge in [-0.3, -0.25) is 4.98 Å². The van der Waals surface area contributed by atoms with E-state index in [9.17, 15) is 13.2 Å². The highest BCUT2D eigenvalue weighted by Crippen LogP contribution is 2.36. The van der Waals surface area contributed by atoms with Crippen LogP contribution in [0, 0.1) is 0 Å². The monoisotopic (exact) mass is 421 g/mol. The summed E-state index contributed by atoms with van der Waals surface area (Å²) in [5, 5.41) is 5.73. The molecule has 1 atom stereocenters. The Balaban J connectivity index is 1.99. The van der Waals surface area contributed by atoms with Gasteiger partial charge in [0.05, 0.1) is 22.0 Å². The number of aromatic nitrogens is 3. The zero-order valence-corrected chi connectivity index (χ0v) is 16.5. The van der Waals surface area contributed by atoms with Gasteiger partial charge in [-0.15, -0.1) is 0 Å². The number of halogens is 4. The lowest BCUT2D eigenvalue weighted by Crippen LogP contribution is -2.16. The van der Waals surface area contributed by atoms with Gasteiger partial charge in [-0.1, -0.05) is 24.6 Å². The largest absolute Gasteiger partial charge is 0.417 e. The maximum absolute atomic E-state index is 13.1. The van der Waals surface area contributed by atoms with Crippen LogP contribution in [0.25, 0.3) is 11.4 Å². The SMILES string of the molecule is CC[C@@H](C)Nc1nc(Nc2ccc(Cl)c(C(F)(F)F)c2)cc(-c2ccccn2)n1. The van der Waals surface area contributed by atoms with Crippen molar-refractivity contribution < 1.29 is 13.2 Å². The molecule has 0 fully saturated rings. The van der Waals surface area contributed by atoms with E-state index in [1.54, 1.807) is 24.4 Å². The van der Waals surface area contributed by atoms with E-state index in [0.717, 1.165) is 12.5 Å². The van der Waals surface area contributed by atoms with Gasteiger partial charge in [-0.05, 0) is 43.7 Å². The van der Waals surface area contributed by atoms with Crippen molar-refractivity contribution in [1.29, 1.82) is 0 Å². The van der Waals surface area contributed by atoms with E-state index >= 15 is 0 Å². The molecular weight excluding hydrogens is 403 g/mol. The van der Waals surface area contributed by atoms with Crippen molar-refractivity contribution in [3.63, 3.8) is 0 Å². The number of hydrogen-bond acceptors (Lipinski definition) is 5. The molecule has 0 radical (unpaired) electrons. The van der Waals surface area contributed by atoms with Crippen molar-refractivity contribution in [2.24, 2.45) is 0 Å². The predicted octanol–water partition coefficient (Wildman–Crippen LogP) is 6.16. The molecule has 0 unspecified atom stereocenters. The van der Waals surface area contributed by atoms with Gasteiger partial charge in [0.25, 0.3) is 0 Å². The quantitative estimate of drug-likeness (QED) is 0.498. The molecule has 2 aromatic heterocycles. The number of rotatable bonds is 6. The van der Waals surface area contributed by atoms with Crippen LogP contribution in [0.1, 0.15) is 25.8 Å². The first-order valence-corrected chi connectivity index (χ1v) is 9.35. The van der Waals surface area contributed by atoms with Crippen molar-refractivity contribution in [3.8, 4) is 11.4 Å². The second-order valence-corrected chi connectivity index (χ2v) is 6.86. The Morgan fingerprint density at radius 2 is 1.86 bits per heavy atom. The molecular formula is C20H19ClF3N5. The maximum Gasteiger partial charge on any atom is 0.417 e. The first-order chi connectivity index (χ1) is 13.8. The molecule has 29 heavy (non-hydrogen) atoms. The summed E-state index contributed by atoms with van der Waals surface area (Å²) in [6.45, 7) is 4.00. The number of alkyl halides is 3. The standard InChI is InChI=1S/C20H19ClF3N5/c1-3-12(2)26-19-28-17(16-6-4-5-9-25-16)11-18(29-19)27-13-7-8-15(21)14(10-13)20(22,23)24/h4-12H,3H2,1-2H3,(H2,26,27,28,29)/t12-/m1/s1. The highest BCUT2D eigenvalue weighted by molar-refractivity contribution is 6.31. The summed E-state index contributed by atoms with van der Waals surface area (Å²) in [7, 11) is 0. The fourth-order valence-corrected chi connectivity index (χ4v) is 2.74. The number of hydrogen-bond donors (Lipinski definition) is 2. The van der Waals surface area contributed by atoms with Crippen LogP contribution < -0.4 is 10.6 Å². The minimum atomic E-state index is -4.55. The molecule has 0 aliphatic carbocycles. The Labute approximate surface area is 171 Å². The molecule has 1 aromatic carbocycles. The molecule has 152 valence electrons. The van der Waals surface area contributed by atoms with Gasteiger partial charge in [0, 0.05) is 24.0 Å². The van der Waals surface area contributed by atoms with Crippen molar-refractivity contribution in [2.75, 3.05) is 10.6 Å². The molecule has 0 saturated heterocycles. The average Bonchev–Trinajstić information content (AvgIpc) is 2.69. The third-order valence-electron chi connectivity index (χ3n) is 4.19. The van der Waals surface area contributed by atoms with Gasteiger partial charge in [0.15, 0.2) is 0 Å². The molecule has 5 nitrogen and oxygen atoms in total. The van der Waals surface area contributed by atoms with Crippen LogP contribution in [0.2, 0.25) is 5.02 Å². The molecule has 0 amide bonds. The van der Waals surface area contributed by atoms with Crippen LogP contribution in [0.5, 0.6) is 0 Å². The van der Waals surface area contributed by atoms with Crippen LogP contribution >= 0.6 is 11.6 Å². The number of nitrogens with one attached hydrogen (secondary N) is 2. The van der Waals surface area contributed by atoms with Crippen LogP contribution in [-0.2, 0) is 6.18 Å². The Kier molecular flexibility index (Phi) is 6.22. The second kappa shape index (κ2) is 8.65. The van der Waals surface area contributed by atoms with E-state index in [4.69, 9.17) is 11.6 Å². The van der Waals surface area contributed by atoms with Crippen LogP contribution in [0.15, 0.2) is 48.7 Å². The van der Waals surface area contributed by atoms with Gasteiger partial charge in [0.2, 0.25) is 5.95 Å². The van der Waals surface area contributed by atoms with Crippen LogP contribution in [-0.4, -0.2) is 21.0 Å². The molecule has 0 bridgehead atoms. The van der Waals surface area contributed by atoms with Gasteiger partial charge in [-0.2, -0.15) is 18.2 Å². The average molecular weight is 422 g/mol. The molecule has 0 saturated carbocycles. The molecule has 0 spiro atoms. The zero-order chi connectivity index (χ0) is 21.0. The summed E-state index contributed by atoms with van der Waals surface area (Å²) in [5.74, 6) is 0.692. The number of pyridine rings is 1. The Bertz CT molecular complexity index is 980. The summed E-state index contributed by atoms with van der Waals surface area (Å²) < 4.78 is 39.4. The summed E-state index contributed by atoms with van der Waals surface area (Å²) in [6.07, 6.45) is -2.06. The minimum absolute atomic E-state index is 0.120. The van der Waals surface area contributed by atoms with E-state index in [0.29, 0.717) is 23.2 Å². The van der Waals surface area contributed by atoms with Gasteiger partial charge in [-0.25, -0.2) is 4.98 Å². The van der Waals surface area contributed by atoms with Crippen LogP contribution in [0.4, 0.5) is 30.6 Å². The number of anilines is 3. The van der Waals surface area contributed by atoms with Crippen molar-refractivity contribution in [3.05, 3.63) is 59.2 Å². The fraction of sp³-hybridized carbons (Fsp3) is 0.250. The lowest BCUT2D eigenvalue weighted by Gasteiger charge is -2.15. The normalized spacial score (nSPS) is 12.5. The third-order valence-corrected chi connectivity index (χ3v) is 4.52. The molecule has 2 N–H and O–H groups in total. The highest BCUT2D eigenvalue weighted by atomic mass is 35.5. The van der Waals surface area contributed by atoms with Gasteiger partial charge in [0.1, 0.15) is 5.82 Å². The molecule has 0 aliphatic rings. The van der Waals surface area contributed by atoms with E-state index in [1.165, 1.54) is 12.1 Å². The summed E-state index contributed by atoms with van der Waals surface area (Å²) in [6, 6.07) is 10.8. The first kappa shape index (κ1) is 20.9. The van der Waals surface area contributed by atoms with Crippen molar-refractivity contribution >= 4 is 29.1 Å². The molecule has 2 heterocycles. The maximum atomic E-state index is 13.1. The number of nitrogens with zero attached hydrogens (tertiary/aromatic N) is 3. The van der Waals surface area contributed by atoms with E-state index < -0.39 is 11.7 Å². The first-order valence-electron chi connectivity index (χ1n) is 8.97. The third kappa shape index (κ3) is 5.35. The second-order valence-electron chi connectivity index (χ2n) is 6.45. The van der Waals surface area contributed by atoms with Crippen molar-refractivity contribution in [2.45, 2.75) is 32.5 Å². The molecule has 0 aliphatic heterocycles. The van der Waals surface area contributed by atoms with Crippen molar-refractivity contribution in [1.82, 2.24) is 15.0 Å². The topological polar surface area (TPSA) is 62.7 Å². The predicted molar refractivity (Wildman–Crippen MR) is 108 cm³/mol. The summed E-state index contributed by atoms with van der Waals surface area (Å²) >= 11 is 5.70. The summed E-state index contributed by atoms with van der Waals surface area (Å²) in [5.41, 5.74) is 0.458. The molecule has 3 rings (SSSR count). The Morgan fingerprint density at radius 1 is 1.07 bits per heavy atom. The van der Waals surface area contributed by atoms with Gasteiger partial charge < -0.3 is 10.6 Å². The smallest absolute Gasteiger partial charge is 0.352 e. The van der Waals surface area contributed by atoms with Gasteiger partial charge >= 0.3 is 6.18 Å². The minimum Gasteiger partial charge on any atom is -0.352 e. The van der Waals surface area contributed by atoms with E-state index in [-0.39, 0.29) is 16.8 Å².